The van der Waals surface area contributed by atoms with Crippen molar-refractivity contribution in [3.05, 3.63) is 0 Å². The van der Waals surface area contributed by atoms with Gasteiger partial charge < -0.3 is 14.2 Å². The molecule has 0 aromatic rings. The normalized spacial score (nSPS) is 23.1. The average Bonchev–Trinajstić information content (AvgIpc) is 2.48. The van der Waals surface area contributed by atoms with Gasteiger partial charge in [0.2, 0.25) is 5.90 Å². The predicted molar refractivity (Wildman–Crippen MR) is 40.7 cm³/mol. The molecule has 1 rings (SSSR count). The standard InChI is InChI=1S/C7H13NO3/c1-3-10-4-7-8-6(9-2)5-11-7/h6H,3-5H2,1-2H3. The summed E-state index contributed by atoms with van der Waals surface area (Å²) < 4.78 is 15.2. The predicted octanol–water partition coefficient (Wildman–Crippen LogP) is 0.424. The molecule has 11 heavy (non-hydrogen) atoms. The fraction of sp³-hybridized carbons (Fsp3) is 0.857. The Bertz CT molecular complexity index is 147. The van der Waals surface area contributed by atoms with Crippen LogP contribution in [0.3, 0.4) is 0 Å². The Kier molecular flexibility index (Phi) is 3.32. The van der Waals surface area contributed by atoms with Crippen LogP contribution < -0.4 is 0 Å². The van der Waals surface area contributed by atoms with Crippen molar-refractivity contribution in [1.82, 2.24) is 0 Å². The molecule has 0 saturated heterocycles. The van der Waals surface area contributed by atoms with Gasteiger partial charge in [-0.2, -0.15) is 0 Å². The Labute approximate surface area is 66.2 Å². The minimum atomic E-state index is -0.134. The molecule has 0 N–H and O–H groups in total. The Morgan fingerprint density at radius 3 is 3.09 bits per heavy atom. The molecule has 0 amide bonds. The summed E-state index contributed by atoms with van der Waals surface area (Å²) >= 11 is 0. The molecule has 1 unspecified atom stereocenters. The highest BCUT2D eigenvalue weighted by atomic mass is 16.6. The summed E-state index contributed by atoms with van der Waals surface area (Å²) in [6, 6.07) is 0. The second kappa shape index (κ2) is 4.31. The molecular formula is C7H13NO3. The molecule has 0 spiro atoms. The lowest BCUT2D eigenvalue weighted by atomic mass is 10.6. The van der Waals surface area contributed by atoms with Gasteiger partial charge in [0.15, 0.2) is 6.23 Å². The smallest absolute Gasteiger partial charge is 0.212 e. The first-order chi connectivity index (χ1) is 5.36. The summed E-state index contributed by atoms with van der Waals surface area (Å²) in [6.07, 6.45) is -0.134. The molecule has 0 saturated carbocycles. The van der Waals surface area contributed by atoms with E-state index in [0.717, 1.165) is 0 Å². The highest BCUT2D eigenvalue weighted by Gasteiger charge is 2.16. The van der Waals surface area contributed by atoms with E-state index in [0.29, 0.717) is 25.7 Å². The molecule has 0 bridgehead atoms. The number of aliphatic imine (C=N–C) groups is 1. The first kappa shape index (κ1) is 8.49. The minimum absolute atomic E-state index is 0.134. The van der Waals surface area contributed by atoms with Crippen molar-refractivity contribution < 1.29 is 14.2 Å². The second-order valence-electron chi connectivity index (χ2n) is 2.16. The van der Waals surface area contributed by atoms with Gasteiger partial charge in [-0.1, -0.05) is 0 Å². The van der Waals surface area contributed by atoms with E-state index >= 15 is 0 Å². The molecule has 64 valence electrons. The van der Waals surface area contributed by atoms with Crippen molar-refractivity contribution in [3.63, 3.8) is 0 Å². The fourth-order valence-corrected chi connectivity index (χ4v) is 0.792. The van der Waals surface area contributed by atoms with E-state index in [1.165, 1.54) is 0 Å². The molecule has 4 nitrogen and oxygen atoms in total. The zero-order chi connectivity index (χ0) is 8.10. The van der Waals surface area contributed by atoms with Crippen molar-refractivity contribution in [1.29, 1.82) is 0 Å². The molecule has 0 aromatic heterocycles. The lowest BCUT2D eigenvalue weighted by Gasteiger charge is -1.99. The molecule has 0 fully saturated rings. The van der Waals surface area contributed by atoms with Gasteiger partial charge in [0, 0.05) is 13.7 Å². The molecule has 1 aliphatic heterocycles. The van der Waals surface area contributed by atoms with E-state index in [2.05, 4.69) is 4.99 Å². The summed E-state index contributed by atoms with van der Waals surface area (Å²) in [5, 5.41) is 0. The highest BCUT2D eigenvalue weighted by Crippen LogP contribution is 2.04. The minimum Gasteiger partial charge on any atom is -0.474 e. The maximum atomic E-state index is 5.16. The first-order valence-corrected chi connectivity index (χ1v) is 3.66. The van der Waals surface area contributed by atoms with Crippen LogP contribution in [-0.4, -0.2) is 39.1 Å². The van der Waals surface area contributed by atoms with Crippen molar-refractivity contribution >= 4 is 5.90 Å². The van der Waals surface area contributed by atoms with Gasteiger partial charge in [-0.3, -0.25) is 0 Å². The van der Waals surface area contributed by atoms with Gasteiger partial charge in [0.05, 0.1) is 0 Å². The van der Waals surface area contributed by atoms with E-state index in [-0.39, 0.29) is 6.23 Å². The largest absolute Gasteiger partial charge is 0.474 e. The molecule has 1 aliphatic rings. The fourth-order valence-electron chi connectivity index (χ4n) is 0.792. The zero-order valence-electron chi connectivity index (χ0n) is 6.87. The Hall–Kier alpha value is -0.610. The Morgan fingerprint density at radius 2 is 2.55 bits per heavy atom. The number of hydrogen-bond donors (Lipinski definition) is 0. The summed E-state index contributed by atoms with van der Waals surface area (Å²) in [5.41, 5.74) is 0. The van der Waals surface area contributed by atoms with E-state index in [1.807, 2.05) is 6.92 Å². The van der Waals surface area contributed by atoms with Crippen molar-refractivity contribution in [2.24, 2.45) is 4.99 Å². The Morgan fingerprint density at radius 1 is 1.73 bits per heavy atom. The van der Waals surface area contributed by atoms with Crippen LogP contribution in [0.25, 0.3) is 0 Å². The zero-order valence-corrected chi connectivity index (χ0v) is 6.87. The summed E-state index contributed by atoms with van der Waals surface area (Å²) in [7, 11) is 1.61. The number of methoxy groups -OCH3 is 1. The molecular weight excluding hydrogens is 146 g/mol. The summed E-state index contributed by atoms with van der Waals surface area (Å²) in [5.74, 6) is 0.638. The molecule has 1 heterocycles. The van der Waals surface area contributed by atoms with Gasteiger partial charge in [-0.25, -0.2) is 4.99 Å². The van der Waals surface area contributed by atoms with E-state index in [9.17, 15) is 0 Å². The second-order valence-corrected chi connectivity index (χ2v) is 2.16. The Balaban J connectivity index is 2.24. The monoisotopic (exact) mass is 159 g/mol. The topological polar surface area (TPSA) is 40.0 Å². The van der Waals surface area contributed by atoms with Crippen LogP contribution in [-0.2, 0) is 14.2 Å². The van der Waals surface area contributed by atoms with Gasteiger partial charge in [-0.05, 0) is 6.92 Å². The molecule has 0 aromatic carbocycles. The maximum Gasteiger partial charge on any atom is 0.212 e. The average molecular weight is 159 g/mol. The van der Waals surface area contributed by atoms with Gasteiger partial charge in [0.25, 0.3) is 0 Å². The van der Waals surface area contributed by atoms with E-state index in [1.54, 1.807) is 7.11 Å². The third kappa shape index (κ3) is 2.48. The van der Waals surface area contributed by atoms with Crippen molar-refractivity contribution in [3.8, 4) is 0 Å². The van der Waals surface area contributed by atoms with E-state index in [4.69, 9.17) is 14.2 Å². The molecule has 0 radical (unpaired) electrons. The first-order valence-electron chi connectivity index (χ1n) is 3.66. The highest BCUT2D eigenvalue weighted by molar-refractivity contribution is 5.78. The quantitative estimate of drug-likeness (QED) is 0.597. The lowest BCUT2D eigenvalue weighted by molar-refractivity contribution is 0.0810. The number of nitrogens with zero attached hydrogens (tertiary/aromatic N) is 1. The van der Waals surface area contributed by atoms with Crippen LogP contribution in [0, 0.1) is 0 Å². The van der Waals surface area contributed by atoms with Crippen molar-refractivity contribution in [2.45, 2.75) is 13.2 Å². The maximum absolute atomic E-state index is 5.16. The third-order valence-corrected chi connectivity index (χ3v) is 1.38. The van der Waals surface area contributed by atoms with Crippen LogP contribution in [0.2, 0.25) is 0 Å². The van der Waals surface area contributed by atoms with Crippen LogP contribution >= 0.6 is 0 Å². The van der Waals surface area contributed by atoms with Gasteiger partial charge in [0.1, 0.15) is 13.2 Å². The summed E-state index contributed by atoms with van der Waals surface area (Å²) in [6.45, 7) is 3.58. The number of rotatable bonds is 4. The van der Waals surface area contributed by atoms with Crippen LogP contribution in [0.15, 0.2) is 4.99 Å². The number of ether oxygens (including phenoxy) is 3. The van der Waals surface area contributed by atoms with Gasteiger partial charge in [-0.15, -0.1) is 0 Å². The SMILES string of the molecule is CCOCC1=NC(OC)CO1. The van der Waals surface area contributed by atoms with Crippen LogP contribution in [0.5, 0.6) is 0 Å². The van der Waals surface area contributed by atoms with E-state index < -0.39 is 0 Å². The number of hydrogen-bond acceptors (Lipinski definition) is 4. The van der Waals surface area contributed by atoms with Crippen molar-refractivity contribution in [2.75, 3.05) is 26.9 Å². The molecule has 0 aliphatic carbocycles. The molecule has 1 atom stereocenters. The van der Waals surface area contributed by atoms with Gasteiger partial charge >= 0.3 is 0 Å². The van der Waals surface area contributed by atoms with Crippen LogP contribution in [0.4, 0.5) is 0 Å². The van der Waals surface area contributed by atoms with Crippen LogP contribution in [0.1, 0.15) is 6.92 Å². The summed E-state index contributed by atoms with van der Waals surface area (Å²) in [4.78, 5) is 4.09. The molecule has 4 heteroatoms. The lowest BCUT2D eigenvalue weighted by Crippen LogP contribution is -2.09. The third-order valence-electron chi connectivity index (χ3n) is 1.38.